The zero-order valence-corrected chi connectivity index (χ0v) is 16.1. The highest BCUT2D eigenvalue weighted by molar-refractivity contribution is 6.35. The van der Waals surface area contributed by atoms with E-state index in [4.69, 9.17) is 4.74 Å². The number of benzene rings is 1. The van der Waals surface area contributed by atoms with E-state index in [0.29, 0.717) is 32.8 Å². The van der Waals surface area contributed by atoms with Crippen LogP contribution in [0.25, 0.3) is 6.08 Å². The summed E-state index contributed by atoms with van der Waals surface area (Å²) in [5.41, 5.74) is 0.840. The van der Waals surface area contributed by atoms with Crippen LogP contribution >= 0.6 is 0 Å². The van der Waals surface area contributed by atoms with Crippen LogP contribution in [-0.2, 0) is 14.4 Å². The van der Waals surface area contributed by atoms with Crippen molar-refractivity contribution >= 4 is 23.8 Å². The molecule has 0 bridgehead atoms. The normalized spacial score (nSPS) is 14.5. The molecule has 0 unspecified atom stereocenters. The third-order valence-electron chi connectivity index (χ3n) is 4.12. The Morgan fingerprint density at radius 3 is 2.37 bits per heavy atom. The standard InChI is InChI=1S/C20H27N3O4/c1-4-27-17-8-6-5-7-16(17)9-10-18(24)22-11-13-23(14-12-22)20(26)19(25)21-15(2)3/h5-10,15H,4,11-14H2,1-3H3,(H,21,25). The summed E-state index contributed by atoms with van der Waals surface area (Å²) in [6.45, 7) is 7.57. The van der Waals surface area contributed by atoms with Gasteiger partial charge in [0.05, 0.1) is 6.61 Å². The zero-order chi connectivity index (χ0) is 19.8. The van der Waals surface area contributed by atoms with Crippen LogP contribution in [0.5, 0.6) is 5.75 Å². The summed E-state index contributed by atoms with van der Waals surface area (Å²) >= 11 is 0. The van der Waals surface area contributed by atoms with Crippen LogP contribution in [-0.4, -0.2) is 66.3 Å². The van der Waals surface area contributed by atoms with Gasteiger partial charge in [0.1, 0.15) is 5.75 Å². The molecule has 1 fully saturated rings. The summed E-state index contributed by atoms with van der Waals surface area (Å²) < 4.78 is 5.55. The highest BCUT2D eigenvalue weighted by Gasteiger charge is 2.27. The lowest BCUT2D eigenvalue weighted by Gasteiger charge is -2.34. The van der Waals surface area contributed by atoms with Crippen molar-refractivity contribution in [2.75, 3.05) is 32.8 Å². The third-order valence-corrected chi connectivity index (χ3v) is 4.12. The molecule has 0 saturated carbocycles. The van der Waals surface area contributed by atoms with Crippen LogP contribution in [0.2, 0.25) is 0 Å². The summed E-state index contributed by atoms with van der Waals surface area (Å²) in [6, 6.07) is 7.43. The van der Waals surface area contributed by atoms with Crippen LogP contribution in [0.1, 0.15) is 26.3 Å². The first-order chi connectivity index (χ1) is 12.9. The Kier molecular flexibility index (Phi) is 7.40. The number of rotatable bonds is 5. The number of carbonyl (C=O) groups is 3. The molecule has 0 spiro atoms. The first-order valence-electron chi connectivity index (χ1n) is 9.21. The van der Waals surface area contributed by atoms with Crippen LogP contribution in [0.15, 0.2) is 30.3 Å². The quantitative estimate of drug-likeness (QED) is 0.623. The molecule has 1 heterocycles. The molecule has 1 aliphatic rings. The lowest BCUT2D eigenvalue weighted by molar-refractivity contribution is -0.148. The Hall–Kier alpha value is -2.83. The largest absolute Gasteiger partial charge is 0.493 e. The van der Waals surface area contributed by atoms with Crippen molar-refractivity contribution in [2.24, 2.45) is 0 Å². The van der Waals surface area contributed by atoms with Gasteiger partial charge in [0.2, 0.25) is 5.91 Å². The van der Waals surface area contributed by atoms with Crippen LogP contribution in [0.4, 0.5) is 0 Å². The van der Waals surface area contributed by atoms with E-state index in [1.807, 2.05) is 31.2 Å². The van der Waals surface area contributed by atoms with Gasteiger partial charge >= 0.3 is 11.8 Å². The fraction of sp³-hybridized carbons (Fsp3) is 0.450. The fourth-order valence-corrected chi connectivity index (χ4v) is 2.77. The second kappa shape index (κ2) is 9.75. The van der Waals surface area contributed by atoms with Gasteiger partial charge in [0, 0.05) is 43.9 Å². The molecule has 0 aromatic heterocycles. The smallest absolute Gasteiger partial charge is 0.312 e. The molecule has 1 N–H and O–H groups in total. The second-order valence-corrected chi connectivity index (χ2v) is 6.55. The molecule has 1 aromatic carbocycles. The molecular weight excluding hydrogens is 346 g/mol. The summed E-state index contributed by atoms with van der Waals surface area (Å²) in [7, 11) is 0. The van der Waals surface area contributed by atoms with Crippen LogP contribution in [0.3, 0.4) is 0 Å². The molecule has 7 heteroatoms. The first kappa shape index (κ1) is 20.5. The minimum atomic E-state index is -0.600. The number of ether oxygens (including phenoxy) is 1. The van der Waals surface area contributed by atoms with Crippen molar-refractivity contribution in [3.63, 3.8) is 0 Å². The molecule has 1 aromatic rings. The van der Waals surface area contributed by atoms with E-state index < -0.39 is 11.8 Å². The van der Waals surface area contributed by atoms with Gasteiger partial charge in [0.25, 0.3) is 0 Å². The molecule has 1 aliphatic heterocycles. The van der Waals surface area contributed by atoms with Gasteiger partial charge in [-0.25, -0.2) is 0 Å². The Morgan fingerprint density at radius 2 is 1.74 bits per heavy atom. The Morgan fingerprint density at radius 1 is 1.11 bits per heavy atom. The molecule has 7 nitrogen and oxygen atoms in total. The van der Waals surface area contributed by atoms with E-state index in [-0.39, 0.29) is 11.9 Å². The van der Waals surface area contributed by atoms with Crippen LogP contribution in [0, 0.1) is 0 Å². The van der Waals surface area contributed by atoms with Crippen molar-refractivity contribution in [1.82, 2.24) is 15.1 Å². The zero-order valence-electron chi connectivity index (χ0n) is 16.1. The first-order valence-corrected chi connectivity index (χ1v) is 9.21. The second-order valence-electron chi connectivity index (χ2n) is 6.55. The summed E-state index contributed by atoms with van der Waals surface area (Å²) in [5.74, 6) is -0.537. The number of hydrogen-bond acceptors (Lipinski definition) is 4. The molecule has 0 atom stereocenters. The summed E-state index contributed by atoms with van der Waals surface area (Å²) in [5, 5.41) is 2.59. The summed E-state index contributed by atoms with van der Waals surface area (Å²) in [6.07, 6.45) is 3.25. The number of para-hydroxylation sites is 1. The monoisotopic (exact) mass is 373 g/mol. The third kappa shape index (κ3) is 5.84. The van der Waals surface area contributed by atoms with Gasteiger partial charge in [-0.2, -0.15) is 0 Å². The predicted molar refractivity (Wildman–Crippen MR) is 103 cm³/mol. The number of hydrogen-bond donors (Lipinski definition) is 1. The van der Waals surface area contributed by atoms with Gasteiger partial charge in [-0.05, 0) is 32.9 Å². The minimum absolute atomic E-state index is 0.0889. The average molecular weight is 373 g/mol. The maximum atomic E-state index is 12.4. The van der Waals surface area contributed by atoms with E-state index in [9.17, 15) is 14.4 Å². The molecule has 2 rings (SSSR count). The number of nitrogens with zero attached hydrogens (tertiary/aromatic N) is 2. The number of nitrogens with one attached hydrogen (secondary N) is 1. The highest BCUT2D eigenvalue weighted by atomic mass is 16.5. The lowest BCUT2D eigenvalue weighted by atomic mass is 10.2. The van der Waals surface area contributed by atoms with E-state index in [1.165, 1.54) is 11.0 Å². The number of carbonyl (C=O) groups excluding carboxylic acids is 3. The molecule has 3 amide bonds. The van der Waals surface area contributed by atoms with Gasteiger partial charge < -0.3 is 19.9 Å². The molecule has 1 saturated heterocycles. The minimum Gasteiger partial charge on any atom is -0.493 e. The molecule has 146 valence electrons. The van der Waals surface area contributed by atoms with Crippen molar-refractivity contribution in [3.05, 3.63) is 35.9 Å². The van der Waals surface area contributed by atoms with Crippen molar-refractivity contribution in [3.8, 4) is 5.75 Å². The lowest BCUT2D eigenvalue weighted by Crippen LogP contribution is -2.54. The van der Waals surface area contributed by atoms with E-state index in [1.54, 1.807) is 24.8 Å². The van der Waals surface area contributed by atoms with Crippen molar-refractivity contribution < 1.29 is 19.1 Å². The van der Waals surface area contributed by atoms with Gasteiger partial charge in [-0.15, -0.1) is 0 Å². The average Bonchev–Trinajstić information content (AvgIpc) is 2.66. The maximum absolute atomic E-state index is 12.4. The molecule has 0 radical (unpaired) electrons. The van der Waals surface area contributed by atoms with Crippen molar-refractivity contribution in [1.29, 1.82) is 0 Å². The van der Waals surface area contributed by atoms with Gasteiger partial charge in [-0.1, -0.05) is 18.2 Å². The number of piperazine rings is 1. The van der Waals surface area contributed by atoms with E-state index >= 15 is 0 Å². The van der Waals surface area contributed by atoms with E-state index in [2.05, 4.69) is 5.32 Å². The van der Waals surface area contributed by atoms with Crippen molar-refractivity contribution in [2.45, 2.75) is 26.8 Å². The van der Waals surface area contributed by atoms with Gasteiger partial charge in [0.15, 0.2) is 0 Å². The number of amides is 3. The highest BCUT2D eigenvalue weighted by Crippen LogP contribution is 2.19. The fourth-order valence-electron chi connectivity index (χ4n) is 2.77. The Labute approximate surface area is 160 Å². The maximum Gasteiger partial charge on any atom is 0.312 e. The molecule has 27 heavy (non-hydrogen) atoms. The van der Waals surface area contributed by atoms with Gasteiger partial charge in [-0.3, -0.25) is 14.4 Å². The predicted octanol–water partition coefficient (Wildman–Crippen LogP) is 1.29. The SMILES string of the molecule is CCOc1ccccc1C=CC(=O)N1CCN(C(=O)C(=O)NC(C)C)CC1. The Bertz CT molecular complexity index is 707. The Balaban J connectivity index is 1.90. The molecular formula is C20H27N3O4. The van der Waals surface area contributed by atoms with Crippen LogP contribution < -0.4 is 10.1 Å². The topological polar surface area (TPSA) is 79.0 Å². The summed E-state index contributed by atoms with van der Waals surface area (Å²) in [4.78, 5) is 39.5. The molecule has 0 aliphatic carbocycles. The van der Waals surface area contributed by atoms with E-state index in [0.717, 1.165) is 11.3 Å².